The van der Waals surface area contributed by atoms with Crippen LogP contribution in [0.15, 0.2) is 48.5 Å². The summed E-state index contributed by atoms with van der Waals surface area (Å²) in [5, 5.41) is 21.2. The molecule has 6 N–H and O–H groups in total. The average Bonchev–Trinajstić information content (AvgIpc) is 3.44. The van der Waals surface area contributed by atoms with Crippen molar-refractivity contribution in [2.45, 2.75) is 83.5 Å². The minimum Gasteiger partial charge on any atom is -0.480 e. The largest absolute Gasteiger partial charge is 0.480 e. The lowest BCUT2D eigenvalue weighted by Crippen LogP contribution is -2.58. The molecule has 1 saturated heterocycles. The summed E-state index contributed by atoms with van der Waals surface area (Å²) in [4.78, 5) is 89.7. The molecule has 4 atom stereocenters. The maximum atomic E-state index is 13.5. The number of hydrogen-bond donors (Lipinski definition) is 6. The molecule has 1 aliphatic heterocycles. The van der Waals surface area contributed by atoms with E-state index in [2.05, 4.69) is 26.6 Å². The number of carboxylic acid groups (broad SMARTS) is 1. The first kappa shape index (κ1) is 39.3. The van der Waals surface area contributed by atoms with Gasteiger partial charge in [0, 0.05) is 12.5 Å². The van der Waals surface area contributed by atoms with E-state index < -0.39 is 78.9 Å². The Labute approximate surface area is 302 Å². The molecule has 0 aromatic heterocycles. The molecule has 0 bridgehead atoms. The van der Waals surface area contributed by atoms with E-state index in [4.69, 9.17) is 9.84 Å². The lowest BCUT2D eigenvalue weighted by Gasteiger charge is -2.36. The Balaban J connectivity index is 1.28. The van der Waals surface area contributed by atoms with Gasteiger partial charge in [0.15, 0.2) is 0 Å². The topological polar surface area (TPSA) is 212 Å². The van der Waals surface area contributed by atoms with Crippen LogP contribution in [-0.4, -0.2) is 102 Å². The van der Waals surface area contributed by atoms with Crippen molar-refractivity contribution < 1.29 is 43.4 Å². The Morgan fingerprint density at radius 3 is 2.04 bits per heavy atom. The third kappa shape index (κ3) is 10.3. The van der Waals surface area contributed by atoms with E-state index in [9.17, 15) is 33.6 Å². The zero-order chi connectivity index (χ0) is 37.9. The molecule has 52 heavy (non-hydrogen) atoms. The van der Waals surface area contributed by atoms with Crippen molar-refractivity contribution in [1.29, 1.82) is 0 Å². The third-order valence-corrected chi connectivity index (χ3v) is 9.08. The molecule has 15 nitrogen and oxygen atoms in total. The molecule has 1 heterocycles. The number of ether oxygens (including phenoxy) is 1. The van der Waals surface area contributed by atoms with Crippen molar-refractivity contribution in [1.82, 2.24) is 31.5 Å². The number of nitrogens with zero attached hydrogens (tertiary/aromatic N) is 1. The minimum atomic E-state index is -1.24. The minimum absolute atomic E-state index is 0.0207. The summed E-state index contributed by atoms with van der Waals surface area (Å²) >= 11 is 0. The smallest absolute Gasteiger partial charge is 0.407 e. The van der Waals surface area contributed by atoms with Gasteiger partial charge in [-0.2, -0.15) is 0 Å². The summed E-state index contributed by atoms with van der Waals surface area (Å²) in [6, 6.07) is 12.0. The quantitative estimate of drug-likeness (QED) is 0.158. The fourth-order valence-electron chi connectivity index (χ4n) is 6.52. The van der Waals surface area contributed by atoms with Crippen molar-refractivity contribution in [2.24, 2.45) is 5.92 Å². The molecular formula is C37H48N6O9. The van der Waals surface area contributed by atoms with E-state index in [0.717, 1.165) is 22.3 Å². The number of benzene rings is 2. The second kappa shape index (κ2) is 18.1. The van der Waals surface area contributed by atoms with Crippen molar-refractivity contribution in [3.05, 3.63) is 59.7 Å². The van der Waals surface area contributed by atoms with E-state index in [0.29, 0.717) is 19.3 Å². The zero-order valence-electron chi connectivity index (χ0n) is 29.9. The van der Waals surface area contributed by atoms with Crippen LogP contribution >= 0.6 is 0 Å². The highest BCUT2D eigenvalue weighted by atomic mass is 16.5. The number of piperidine rings is 1. The van der Waals surface area contributed by atoms with Crippen LogP contribution < -0.4 is 26.6 Å². The lowest BCUT2D eigenvalue weighted by molar-refractivity contribution is -0.143. The number of carbonyl (C=O) groups is 7. The molecule has 0 saturated carbocycles. The number of amides is 6. The summed E-state index contributed by atoms with van der Waals surface area (Å²) in [7, 11) is 0. The van der Waals surface area contributed by atoms with Crippen molar-refractivity contribution in [3.63, 3.8) is 0 Å². The maximum Gasteiger partial charge on any atom is 0.407 e. The first-order valence-corrected chi connectivity index (χ1v) is 17.6. The number of likely N-dealkylation sites (tertiary alicyclic amines) is 1. The molecule has 15 heteroatoms. The monoisotopic (exact) mass is 720 g/mol. The van der Waals surface area contributed by atoms with Gasteiger partial charge in [0.25, 0.3) is 0 Å². The summed E-state index contributed by atoms with van der Waals surface area (Å²) in [5.41, 5.74) is 4.30. The van der Waals surface area contributed by atoms with Crippen LogP contribution in [0.5, 0.6) is 0 Å². The predicted octanol–water partition coefficient (Wildman–Crippen LogP) is 1.65. The third-order valence-electron chi connectivity index (χ3n) is 9.08. The number of alkyl carbamates (subject to hydrolysis) is 1. The molecular weight excluding hydrogens is 672 g/mol. The maximum absolute atomic E-state index is 13.5. The second-order valence-corrected chi connectivity index (χ2v) is 13.5. The Morgan fingerprint density at radius 1 is 0.788 bits per heavy atom. The van der Waals surface area contributed by atoms with E-state index >= 15 is 0 Å². The molecule has 2 aromatic rings. The van der Waals surface area contributed by atoms with E-state index in [-0.39, 0.29) is 31.4 Å². The van der Waals surface area contributed by atoms with Gasteiger partial charge in [-0.05, 0) is 67.7 Å². The summed E-state index contributed by atoms with van der Waals surface area (Å²) in [6.45, 7) is 5.88. The summed E-state index contributed by atoms with van der Waals surface area (Å²) < 4.78 is 5.60. The van der Waals surface area contributed by atoms with Gasteiger partial charge in [0.1, 0.15) is 37.3 Å². The van der Waals surface area contributed by atoms with Gasteiger partial charge >= 0.3 is 12.1 Å². The molecule has 1 fully saturated rings. The predicted molar refractivity (Wildman–Crippen MR) is 190 cm³/mol. The van der Waals surface area contributed by atoms with Gasteiger partial charge in [-0.25, -0.2) is 4.79 Å². The normalized spacial score (nSPS) is 16.7. The van der Waals surface area contributed by atoms with Gasteiger partial charge < -0.3 is 41.3 Å². The SMILES string of the molecule is CC(C)C[C@H](NC(=O)CNC(=O)[C@@H]1CCCCN1C(=O)[C@H](C)NC(=O)OCC1c2ccccc2-c2ccccc21)C(=O)N[C@@H](C)C(=O)NCC(=O)O. The van der Waals surface area contributed by atoms with Gasteiger partial charge in [-0.3, -0.25) is 28.8 Å². The van der Waals surface area contributed by atoms with Crippen molar-refractivity contribution in [2.75, 3.05) is 26.2 Å². The Morgan fingerprint density at radius 2 is 1.42 bits per heavy atom. The van der Waals surface area contributed by atoms with Crippen LogP contribution in [-0.2, 0) is 33.5 Å². The first-order valence-electron chi connectivity index (χ1n) is 17.6. The molecule has 4 rings (SSSR count). The number of hydrogen-bond acceptors (Lipinski definition) is 8. The number of nitrogens with one attached hydrogen (secondary N) is 5. The van der Waals surface area contributed by atoms with Crippen LogP contribution in [0.4, 0.5) is 4.79 Å². The molecule has 0 spiro atoms. The number of aliphatic carboxylic acids is 1. The van der Waals surface area contributed by atoms with Gasteiger partial charge in [0.05, 0.1) is 6.54 Å². The first-order chi connectivity index (χ1) is 24.8. The average molecular weight is 721 g/mol. The number of fused-ring (bicyclic) bond motifs is 3. The van der Waals surface area contributed by atoms with Crippen molar-refractivity contribution in [3.8, 4) is 11.1 Å². The molecule has 2 aliphatic rings. The summed E-state index contributed by atoms with van der Waals surface area (Å²) in [5.74, 6) is -4.42. The molecule has 0 unspecified atom stereocenters. The van der Waals surface area contributed by atoms with Gasteiger partial charge in [-0.1, -0.05) is 62.4 Å². The fourth-order valence-corrected chi connectivity index (χ4v) is 6.52. The standard InChI is InChI=1S/C37H48N6O9/c1-21(2)17-29(34(48)40-22(3)33(47)39-19-32(45)46)42-31(44)18-38-35(49)30-15-9-10-16-43(30)36(50)23(4)41-37(51)52-20-28-26-13-7-5-11-24(26)25-12-6-8-14-27(25)28/h5-8,11-14,21-23,28-30H,9-10,15-20H2,1-4H3,(H,38,49)(H,39,47)(H,40,48)(H,41,51)(H,42,44)(H,45,46)/t22-,23-,29-,30-/m0/s1. The zero-order valence-corrected chi connectivity index (χ0v) is 29.9. The molecule has 6 amide bonds. The number of carboxylic acids is 1. The highest BCUT2D eigenvalue weighted by Crippen LogP contribution is 2.44. The number of carbonyl (C=O) groups excluding carboxylic acids is 6. The Bertz CT molecular complexity index is 1620. The Hall–Kier alpha value is -5.47. The molecule has 2 aromatic carbocycles. The van der Waals surface area contributed by atoms with E-state index in [1.807, 2.05) is 62.4 Å². The van der Waals surface area contributed by atoms with Crippen LogP contribution in [0.3, 0.4) is 0 Å². The summed E-state index contributed by atoms with van der Waals surface area (Å²) in [6.07, 6.45) is 1.17. The fraction of sp³-hybridized carbons (Fsp3) is 0.486. The van der Waals surface area contributed by atoms with E-state index in [1.54, 1.807) is 0 Å². The molecule has 1 aliphatic carbocycles. The van der Waals surface area contributed by atoms with Crippen LogP contribution in [0.2, 0.25) is 0 Å². The lowest BCUT2D eigenvalue weighted by atomic mass is 9.98. The van der Waals surface area contributed by atoms with Gasteiger partial charge in [0.2, 0.25) is 29.5 Å². The highest BCUT2D eigenvalue weighted by molar-refractivity contribution is 5.95. The molecule has 280 valence electrons. The number of rotatable bonds is 15. The van der Waals surface area contributed by atoms with Gasteiger partial charge in [-0.15, -0.1) is 0 Å². The van der Waals surface area contributed by atoms with Crippen LogP contribution in [0.1, 0.15) is 70.4 Å². The van der Waals surface area contributed by atoms with Crippen LogP contribution in [0, 0.1) is 5.92 Å². The Kier molecular flexibility index (Phi) is 13.7. The second-order valence-electron chi connectivity index (χ2n) is 13.5. The van der Waals surface area contributed by atoms with Crippen LogP contribution in [0.25, 0.3) is 11.1 Å². The highest BCUT2D eigenvalue weighted by Gasteiger charge is 2.36. The van der Waals surface area contributed by atoms with E-state index in [1.165, 1.54) is 18.7 Å². The van der Waals surface area contributed by atoms with Crippen molar-refractivity contribution >= 4 is 41.6 Å². The molecule has 0 radical (unpaired) electrons.